The van der Waals surface area contributed by atoms with Gasteiger partial charge in [0.05, 0.1) is 6.61 Å². The lowest BCUT2D eigenvalue weighted by Gasteiger charge is -2.20. The summed E-state index contributed by atoms with van der Waals surface area (Å²) in [4.78, 5) is 37.6. The van der Waals surface area contributed by atoms with Gasteiger partial charge in [-0.3, -0.25) is 14.4 Å². The maximum absolute atomic E-state index is 13.5. The van der Waals surface area contributed by atoms with Crippen LogP contribution < -0.4 is 15.4 Å². The molecule has 0 heterocycles. The number of ketones is 1. The van der Waals surface area contributed by atoms with Crippen LogP contribution in [0.3, 0.4) is 0 Å². The fourth-order valence-corrected chi connectivity index (χ4v) is 4.72. The average molecular weight is 633 g/mol. The smallest absolute Gasteiger partial charge is 0.466 e. The van der Waals surface area contributed by atoms with E-state index in [4.69, 9.17) is 4.74 Å². The van der Waals surface area contributed by atoms with Crippen LogP contribution in [0.5, 0.6) is 5.75 Å². The molecule has 0 aromatic heterocycles. The molecule has 4 rings (SSSR count). The molecule has 4 aromatic carbocycles. The summed E-state index contributed by atoms with van der Waals surface area (Å²) >= 11 is 0. The van der Waals surface area contributed by atoms with Crippen LogP contribution >= 0.6 is 0 Å². The summed E-state index contributed by atoms with van der Waals surface area (Å²) in [6.45, 7) is 4.04. The molecule has 0 fully saturated rings. The Kier molecular flexibility index (Phi) is 11.6. The van der Waals surface area contributed by atoms with Gasteiger partial charge in [0.2, 0.25) is 5.91 Å². The molecule has 1 amide bonds. The number of hydrogen-bond donors (Lipinski definition) is 2. The Bertz CT molecular complexity index is 1600. The zero-order valence-corrected chi connectivity index (χ0v) is 25.5. The summed E-state index contributed by atoms with van der Waals surface area (Å²) in [5.74, 6) is -1.26. The Labute approximate surface area is 265 Å². The molecule has 1 atom stereocenters. The molecular weight excluding hydrogens is 597 g/mol. The predicted octanol–water partition coefficient (Wildman–Crippen LogP) is 8.14. The Morgan fingerprint density at radius 1 is 0.761 bits per heavy atom. The second-order valence-electron chi connectivity index (χ2n) is 10.7. The Morgan fingerprint density at radius 2 is 1.35 bits per heavy atom. The number of halogens is 3. The number of amides is 1. The number of aryl methyl sites for hydroxylation is 1. The molecule has 240 valence electrons. The van der Waals surface area contributed by atoms with E-state index in [-0.39, 0.29) is 24.6 Å². The molecule has 0 radical (unpaired) electrons. The monoisotopic (exact) mass is 632 g/mol. The van der Waals surface area contributed by atoms with Crippen molar-refractivity contribution in [2.45, 2.75) is 51.9 Å². The highest BCUT2D eigenvalue weighted by Crippen LogP contribution is 2.25. The van der Waals surface area contributed by atoms with Gasteiger partial charge >= 0.3 is 12.3 Å². The van der Waals surface area contributed by atoms with Crippen LogP contribution in [0.2, 0.25) is 0 Å². The van der Waals surface area contributed by atoms with Crippen LogP contribution in [-0.2, 0) is 20.7 Å². The molecule has 7 nitrogen and oxygen atoms in total. The SMILES string of the molecule is CCOC(=O)CCCC(=O)c1ccc(N[C@H](Cc2ccc(-c3ccc(C)cc3)cc2)C(=O)Nc2ccc(OC(F)(F)F)cc2)cc1. The van der Waals surface area contributed by atoms with Crippen molar-refractivity contribution in [1.29, 1.82) is 0 Å². The number of carbonyl (C=O) groups is 3. The third-order valence-electron chi connectivity index (χ3n) is 7.09. The number of benzene rings is 4. The number of carbonyl (C=O) groups excluding carboxylic acids is 3. The Morgan fingerprint density at radius 3 is 1.93 bits per heavy atom. The molecule has 0 spiro atoms. The van der Waals surface area contributed by atoms with Crippen LogP contribution in [-0.4, -0.2) is 36.7 Å². The second kappa shape index (κ2) is 15.7. The van der Waals surface area contributed by atoms with E-state index >= 15 is 0 Å². The van der Waals surface area contributed by atoms with E-state index in [0.29, 0.717) is 36.4 Å². The van der Waals surface area contributed by atoms with Crippen molar-refractivity contribution in [1.82, 2.24) is 0 Å². The summed E-state index contributed by atoms with van der Waals surface area (Å²) in [5.41, 5.74) is 5.50. The summed E-state index contributed by atoms with van der Waals surface area (Å²) < 4.78 is 46.5. The van der Waals surface area contributed by atoms with E-state index in [1.54, 1.807) is 31.2 Å². The molecule has 0 aliphatic heterocycles. The van der Waals surface area contributed by atoms with Crippen LogP contribution in [0.4, 0.5) is 24.5 Å². The van der Waals surface area contributed by atoms with E-state index in [9.17, 15) is 27.6 Å². The summed E-state index contributed by atoms with van der Waals surface area (Å²) in [6, 6.07) is 26.8. The van der Waals surface area contributed by atoms with Crippen LogP contribution in [0.25, 0.3) is 11.1 Å². The van der Waals surface area contributed by atoms with Crippen molar-refractivity contribution < 1.29 is 37.0 Å². The van der Waals surface area contributed by atoms with Gasteiger partial charge in [0, 0.05) is 36.2 Å². The van der Waals surface area contributed by atoms with Crippen molar-refractivity contribution >= 4 is 29.0 Å². The minimum Gasteiger partial charge on any atom is -0.466 e. The molecule has 0 bridgehead atoms. The highest BCUT2D eigenvalue weighted by atomic mass is 19.4. The average Bonchev–Trinajstić information content (AvgIpc) is 3.02. The molecule has 4 aromatic rings. The number of nitrogens with one attached hydrogen (secondary N) is 2. The van der Waals surface area contributed by atoms with Gasteiger partial charge in [-0.25, -0.2) is 0 Å². The number of Topliss-reactive ketones (excluding diaryl/α,β-unsaturated/α-hetero) is 1. The first kappa shape index (κ1) is 33.8. The molecule has 46 heavy (non-hydrogen) atoms. The van der Waals surface area contributed by atoms with Gasteiger partial charge in [-0.1, -0.05) is 54.1 Å². The number of hydrogen-bond acceptors (Lipinski definition) is 6. The number of ether oxygens (including phenoxy) is 2. The summed E-state index contributed by atoms with van der Waals surface area (Å²) in [7, 11) is 0. The minimum absolute atomic E-state index is 0.114. The lowest BCUT2D eigenvalue weighted by atomic mass is 9.99. The molecule has 0 unspecified atom stereocenters. The molecule has 0 saturated carbocycles. The number of alkyl halides is 3. The molecule has 10 heteroatoms. The maximum Gasteiger partial charge on any atom is 0.573 e. The molecule has 0 saturated heterocycles. The van der Waals surface area contributed by atoms with Crippen molar-refractivity contribution in [2.75, 3.05) is 17.2 Å². The number of rotatable bonds is 14. The van der Waals surface area contributed by atoms with E-state index in [1.807, 2.05) is 55.5 Å². The quantitative estimate of drug-likeness (QED) is 0.108. The first-order valence-corrected chi connectivity index (χ1v) is 14.9. The van der Waals surface area contributed by atoms with Crippen molar-refractivity contribution in [2.24, 2.45) is 0 Å². The fraction of sp³-hybridized carbons (Fsp3) is 0.250. The van der Waals surface area contributed by atoms with Gasteiger partial charge in [-0.2, -0.15) is 0 Å². The zero-order valence-electron chi connectivity index (χ0n) is 25.5. The minimum atomic E-state index is -4.82. The van der Waals surface area contributed by atoms with Crippen LogP contribution in [0.1, 0.15) is 47.7 Å². The lowest BCUT2D eigenvalue weighted by molar-refractivity contribution is -0.274. The predicted molar refractivity (Wildman–Crippen MR) is 171 cm³/mol. The van der Waals surface area contributed by atoms with Gasteiger partial charge in [0.15, 0.2) is 5.78 Å². The van der Waals surface area contributed by atoms with Gasteiger partial charge in [-0.15, -0.1) is 13.2 Å². The maximum atomic E-state index is 13.5. The van der Waals surface area contributed by atoms with Crippen molar-refractivity contribution in [3.8, 4) is 16.9 Å². The largest absolute Gasteiger partial charge is 0.573 e. The Hall–Kier alpha value is -5.12. The van der Waals surface area contributed by atoms with E-state index in [1.165, 1.54) is 12.1 Å². The highest BCUT2D eigenvalue weighted by molar-refractivity contribution is 5.98. The number of anilines is 2. The lowest BCUT2D eigenvalue weighted by Crippen LogP contribution is -2.36. The second-order valence-corrected chi connectivity index (χ2v) is 10.7. The highest BCUT2D eigenvalue weighted by Gasteiger charge is 2.31. The standard InChI is InChI=1S/C36H35F3N2O5/c1-3-45-34(43)6-4-5-33(42)28-15-17-29(18-16-28)40-32(35(44)41-30-19-21-31(22-20-30)46-36(37,38)39)23-25-9-13-27(14-10-25)26-11-7-24(2)8-12-26/h7-22,32,40H,3-6,23H2,1-2H3,(H,41,44)/t32-/m1/s1. The van der Waals surface area contributed by atoms with Gasteiger partial charge < -0.3 is 20.1 Å². The first-order chi connectivity index (χ1) is 22.0. The van der Waals surface area contributed by atoms with Gasteiger partial charge in [0.25, 0.3) is 0 Å². The normalized spacial score (nSPS) is 11.8. The molecule has 0 aliphatic carbocycles. The van der Waals surface area contributed by atoms with E-state index in [2.05, 4.69) is 15.4 Å². The first-order valence-electron chi connectivity index (χ1n) is 14.9. The Balaban J connectivity index is 1.47. The summed E-state index contributed by atoms with van der Waals surface area (Å²) in [6.07, 6.45) is -3.78. The molecule has 2 N–H and O–H groups in total. The van der Waals surface area contributed by atoms with Gasteiger partial charge in [0.1, 0.15) is 11.8 Å². The fourth-order valence-electron chi connectivity index (χ4n) is 4.72. The van der Waals surface area contributed by atoms with Crippen LogP contribution in [0.15, 0.2) is 97.1 Å². The topological polar surface area (TPSA) is 93.7 Å². The molecular formula is C36H35F3N2O5. The molecule has 0 aliphatic rings. The third-order valence-corrected chi connectivity index (χ3v) is 7.09. The van der Waals surface area contributed by atoms with Crippen molar-refractivity contribution in [3.63, 3.8) is 0 Å². The van der Waals surface area contributed by atoms with Gasteiger partial charge in [-0.05, 0) is 85.5 Å². The van der Waals surface area contributed by atoms with Crippen molar-refractivity contribution in [3.05, 3.63) is 114 Å². The summed E-state index contributed by atoms with van der Waals surface area (Å²) in [5, 5.41) is 5.98. The van der Waals surface area contributed by atoms with E-state index in [0.717, 1.165) is 34.4 Å². The van der Waals surface area contributed by atoms with E-state index < -0.39 is 24.1 Å². The number of esters is 1. The third kappa shape index (κ3) is 10.5. The zero-order chi connectivity index (χ0) is 33.1. The van der Waals surface area contributed by atoms with Crippen LogP contribution in [0, 0.1) is 6.92 Å².